The second kappa shape index (κ2) is 9.84. The fourth-order valence-corrected chi connectivity index (χ4v) is 4.05. The number of benzene rings is 2. The normalized spacial score (nSPS) is 14.5. The lowest BCUT2D eigenvalue weighted by molar-refractivity contribution is -0.147. The quantitative estimate of drug-likeness (QED) is 0.427. The monoisotopic (exact) mass is 444 g/mol. The van der Waals surface area contributed by atoms with Crippen molar-refractivity contribution in [1.82, 2.24) is 10.0 Å². The summed E-state index contributed by atoms with van der Waals surface area (Å²) in [5.41, 5.74) is 1.37. The predicted octanol–water partition coefficient (Wildman–Crippen LogP) is 1.98. The number of nitrogens with one attached hydrogen (secondary N) is 2. The second-order valence-corrected chi connectivity index (χ2v) is 9.13. The zero-order chi connectivity index (χ0) is 22.4. The number of Topliss-reactive ketones (excluding diaryl/α,β-unsaturated/α-hetero) is 1. The van der Waals surface area contributed by atoms with Crippen LogP contribution in [0.5, 0.6) is 0 Å². The van der Waals surface area contributed by atoms with Gasteiger partial charge in [-0.25, -0.2) is 8.42 Å². The molecule has 164 valence electrons. The van der Waals surface area contributed by atoms with Crippen molar-refractivity contribution in [3.05, 3.63) is 65.7 Å². The summed E-state index contributed by atoms with van der Waals surface area (Å²) in [6.07, 6.45) is 2.05. The minimum Gasteiger partial charge on any atom is -0.455 e. The van der Waals surface area contributed by atoms with Gasteiger partial charge in [0.2, 0.25) is 10.0 Å². The van der Waals surface area contributed by atoms with E-state index in [2.05, 4.69) is 10.0 Å². The van der Waals surface area contributed by atoms with Gasteiger partial charge in [-0.1, -0.05) is 42.5 Å². The molecular formula is C22H24N2O6S. The Hall–Kier alpha value is -3.04. The molecule has 0 spiro atoms. The summed E-state index contributed by atoms with van der Waals surface area (Å²) in [7, 11) is -3.96. The summed E-state index contributed by atoms with van der Waals surface area (Å²) in [5.74, 6) is -1.14. The number of hydrogen-bond donors (Lipinski definition) is 2. The van der Waals surface area contributed by atoms with E-state index < -0.39 is 35.1 Å². The lowest BCUT2D eigenvalue weighted by Gasteiger charge is -2.18. The zero-order valence-corrected chi connectivity index (χ0v) is 17.9. The smallest absolute Gasteiger partial charge is 0.321 e. The lowest BCUT2D eigenvalue weighted by atomic mass is 10.0. The van der Waals surface area contributed by atoms with Gasteiger partial charge in [0.05, 0.1) is 10.9 Å². The minimum atomic E-state index is -3.96. The molecule has 1 saturated carbocycles. The molecule has 0 aliphatic heterocycles. The first-order valence-electron chi connectivity index (χ1n) is 9.87. The van der Waals surface area contributed by atoms with E-state index in [1.807, 2.05) is 30.3 Å². The third kappa shape index (κ3) is 6.47. The largest absolute Gasteiger partial charge is 0.455 e. The number of carbonyl (C=O) groups is 3. The average Bonchev–Trinajstić information content (AvgIpc) is 3.60. The van der Waals surface area contributed by atoms with Crippen molar-refractivity contribution in [2.45, 2.75) is 30.7 Å². The van der Waals surface area contributed by atoms with Crippen molar-refractivity contribution < 1.29 is 27.5 Å². The van der Waals surface area contributed by atoms with Gasteiger partial charge in [-0.2, -0.15) is 4.72 Å². The number of esters is 1. The van der Waals surface area contributed by atoms with Crippen LogP contribution in [0.2, 0.25) is 0 Å². The number of rotatable bonds is 10. The second-order valence-electron chi connectivity index (χ2n) is 7.36. The molecule has 0 heterocycles. The highest BCUT2D eigenvalue weighted by Gasteiger charge is 2.33. The van der Waals surface area contributed by atoms with E-state index >= 15 is 0 Å². The molecule has 1 unspecified atom stereocenters. The first-order valence-corrected chi connectivity index (χ1v) is 11.3. The summed E-state index contributed by atoms with van der Waals surface area (Å²) in [4.78, 5) is 35.3. The van der Waals surface area contributed by atoms with Crippen molar-refractivity contribution >= 4 is 27.7 Å². The van der Waals surface area contributed by atoms with E-state index in [-0.39, 0.29) is 16.7 Å². The van der Waals surface area contributed by atoms with Crippen LogP contribution >= 0.6 is 0 Å². The van der Waals surface area contributed by atoms with Gasteiger partial charge in [0, 0.05) is 5.56 Å². The Morgan fingerprint density at radius 1 is 1.03 bits per heavy atom. The number of ether oxygens (including phenoxy) is 1. The van der Waals surface area contributed by atoms with Crippen molar-refractivity contribution in [2.75, 3.05) is 13.2 Å². The number of ketones is 1. The summed E-state index contributed by atoms with van der Waals surface area (Å²) in [6, 6.07) is 14.8. The highest BCUT2D eigenvalue weighted by Crippen LogP contribution is 2.40. The van der Waals surface area contributed by atoms with Crippen LogP contribution in [0.1, 0.15) is 41.7 Å². The maximum atomic E-state index is 12.3. The Bertz CT molecular complexity index is 1050. The van der Waals surface area contributed by atoms with E-state index in [0.29, 0.717) is 11.5 Å². The first kappa shape index (κ1) is 22.6. The maximum Gasteiger partial charge on any atom is 0.321 e. The van der Waals surface area contributed by atoms with Gasteiger partial charge in [0.1, 0.15) is 6.54 Å². The molecule has 1 atom stereocenters. The van der Waals surface area contributed by atoms with E-state index in [1.165, 1.54) is 31.2 Å². The van der Waals surface area contributed by atoms with Gasteiger partial charge in [-0.05, 0) is 43.4 Å². The van der Waals surface area contributed by atoms with Crippen LogP contribution < -0.4 is 10.0 Å². The van der Waals surface area contributed by atoms with Crippen LogP contribution in [0, 0.1) is 5.92 Å². The standard InChI is InChI=1S/C22H24N2O6S/c1-15(25)16-9-11-19(12-10-16)31(28,29)23-13-21(27)30-14-20(26)24-22(18-7-8-18)17-5-3-2-4-6-17/h2-6,9-12,18,22-23H,7-8,13-14H2,1H3,(H,24,26). The van der Waals surface area contributed by atoms with Crippen molar-refractivity contribution in [2.24, 2.45) is 5.92 Å². The van der Waals surface area contributed by atoms with E-state index in [0.717, 1.165) is 18.4 Å². The summed E-state index contributed by atoms with van der Waals surface area (Å²) in [5, 5.41) is 2.88. The topological polar surface area (TPSA) is 119 Å². The van der Waals surface area contributed by atoms with Crippen LogP contribution in [0.15, 0.2) is 59.5 Å². The minimum absolute atomic E-state index is 0.0850. The molecule has 1 amide bonds. The molecule has 1 fully saturated rings. The Morgan fingerprint density at radius 2 is 1.68 bits per heavy atom. The molecule has 0 bridgehead atoms. The fraction of sp³-hybridized carbons (Fsp3) is 0.318. The Morgan fingerprint density at radius 3 is 2.26 bits per heavy atom. The highest BCUT2D eigenvalue weighted by molar-refractivity contribution is 7.89. The van der Waals surface area contributed by atoms with E-state index in [9.17, 15) is 22.8 Å². The van der Waals surface area contributed by atoms with Gasteiger partial charge in [-0.3, -0.25) is 14.4 Å². The maximum absolute atomic E-state index is 12.3. The van der Waals surface area contributed by atoms with Crippen LogP contribution in [-0.4, -0.2) is 39.2 Å². The van der Waals surface area contributed by atoms with Crippen molar-refractivity contribution in [1.29, 1.82) is 0 Å². The van der Waals surface area contributed by atoms with Gasteiger partial charge < -0.3 is 10.1 Å². The number of amides is 1. The molecule has 2 N–H and O–H groups in total. The molecule has 9 heteroatoms. The fourth-order valence-electron chi connectivity index (χ4n) is 3.08. The summed E-state index contributed by atoms with van der Waals surface area (Å²) >= 11 is 0. The summed E-state index contributed by atoms with van der Waals surface area (Å²) < 4.78 is 31.5. The number of hydrogen-bond acceptors (Lipinski definition) is 6. The third-order valence-electron chi connectivity index (χ3n) is 4.91. The Balaban J connectivity index is 1.47. The predicted molar refractivity (Wildman–Crippen MR) is 113 cm³/mol. The zero-order valence-electron chi connectivity index (χ0n) is 17.0. The third-order valence-corrected chi connectivity index (χ3v) is 6.33. The molecule has 2 aromatic carbocycles. The Labute approximate surface area is 181 Å². The van der Waals surface area contributed by atoms with E-state index in [1.54, 1.807) is 0 Å². The molecule has 0 saturated heterocycles. The SMILES string of the molecule is CC(=O)c1ccc(S(=O)(=O)NCC(=O)OCC(=O)NC(c2ccccc2)C2CC2)cc1. The molecule has 1 aliphatic carbocycles. The van der Waals surface area contributed by atoms with Gasteiger partial charge in [0.15, 0.2) is 12.4 Å². The van der Waals surface area contributed by atoms with Crippen molar-refractivity contribution in [3.63, 3.8) is 0 Å². The molecule has 0 radical (unpaired) electrons. The van der Waals surface area contributed by atoms with Crippen molar-refractivity contribution in [3.8, 4) is 0 Å². The first-order chi connectivity index (χ1) is 14.8. The molecule has 0 aromatic heterocycles. The highest BCUT2D eigenvalue weighted by atomic mass is 32.2. The van der Waals surface area contributed by atoms with Gasteiger partial charge in [-0.15, -0.1) is 0 Å². The van der Waals surface area contributed by atoms with Crippen LogP contribution in [0.3, 0.4) is 0 Å². The molecule has 1 aliphatic rings. The van der Waals surface area contributed by atoms with Crippen LogP contribution in [0.4, 0.5) is 0 Å². The molecular weight excluding hydrogens is 420 g/mol. The lowest BCUT2D eigenvalue weighted by Crippen LogP contribution is -2.36. The Kier molecular flexibility index (Phi) is 7.19. The van der Waals surface area contributed by atoms with Gasteiger partial charge >= 0.3 is 5.97 Å². The molecule has 2 aromatic rings. The molecule has 31 heavy (non-hydrogen) atoms. The summed E-state index contributed by atoms with van der Waals surface area (Å²) in [6.45, 7) is 0.263. The van der Waals surface area contributed by atoms with Crippen LogP contribution in [0.25, 0.3) is 0 Å². The molecule has 8 nitrogen and oxygen atoms in total. The number of sulfonamides is 1. The average molecular weight is 445 g/mol. The van der Waals surface area contributed by atoms with Crippen LogP contribution in [-0.2, 0) is 24.3 Å². The van der Waals surface area contributed by atoms with E-state index in [4.69, 9.17) is 4.74 Å². The number of carbonyl (C=O) groups excluding carboxylic acids is 3. The van der Waals surface area contributed by atoms with Gasteiger partial charge in [0.25, 0.3) is 5.91 Å². The molecule has 3 rings (SSSR count).